The number of methoxy groups -OCH3 is 1. The molecule has 284 valence electrons. The number of halogens is 3. The van der Waals surface area contributed by atoms with Crippen LogP contribution in [-0.2, 0) is 36.2 Å². The lowest BCUT2D eigenvalue weighted by molar-refractivity contribution is -0.131. The normalized spacial score (nSPS) is 16.9. The minimum Gasteiger partial charge on any atom is -0.453 e. The highest BCUT2D eigenvalue weighted by Crippen LogP contribution is 2.43. The molecule has 0 saturated heterocycles. The Bertz CT molecular complexity index is 1860. The Balaban J connectivity index is 1.63. The van der Waals surface area contributed by atoms with Crippen LogP contribution in [0.2, 0.25) is 5.02 Å². The van der Waals surface area contributed by atoms with Crippen molar-refractivity contribution in [1.29, 1.82) is 0 Å². The first-order chi connectivity index (χ1) is 25.4. The van der Waals surface area contributed by atoms with E-state index in [0.717, 1.165) is 41.6 Å². The van der Waals surface area contributed by atoms with E-state index in [4.69, 9.17) is 30.4 Å². The summed E-state index contributed by atoms with van der Waals surface area (Å²) in [7, 11) is -0.290. The monoisotopic (exact) mass is 832 g/mol. The number of aryl methyl sites for hydroxylation is 1. The summed E-state index contributed by atoms with van der Waals surface area (Å²) < 4.78 is 31.8. The molecule has 1 aliphatic carbocycles. The number of Topliss-reactive ketones (excluding diaryl/α,β-unsaturated/α-hetero) is 1. The number of carbonyl (C=O) groups is 4. The second-order valence-electron chi connectivity index (χ2n) is 12.9. The van der Waals surface area contributed by atoms with Crippen LogP contribution in [0, 0.1) is 11.7 Å². The second kappa shape index (κ2) is 18.7. The quantitative estimate of drug-likeness (QED) is 0.105. The molecule has 2 aliphatic rings. The molecule has 2 bridgehead atoms. The zero-order chi connectivity index (χ0) is 38.2. The summed E-state index contributed by atoms with van der Waals surface area (Å²) in [4.78, 5) is 60.5. The molecule has 0 saturated carbocycles. The van der Waals surface area contributed by atoms with E-state index < -0.39 is 38.0 Å². The smallest absolute Gasteiger partial charge is 0.411 e. The highest BCUT2D eigenvalue weighted by atomic mass is 79.9. The molecule has 5 rings (SSSR count). The number of fused-ring (bicyclic) bond motifs is 6. The van der Waals surface area contributed by atoms with Crippen LogP contribution < -0.4 is 10.6 Å². The van der Waals surface area contributed by atoms with E-state index in [1.807, 2.05) is 32.9 Å². The van der Waals surface area contributed by atoms with E-state index in [2.05, 4.69) is 26.6 Å². The Morgan fingerprint density at radius 2 is 1.83 bits per heavy atom. The Morgan fingerprint density at radius 1 is 1.08 bits per heavy atom. The SMILES string of the molecule is CCOP(CC(=O)N(CCC(=O)c1c(Br)ccc(Cl)c1F)C1CCCC(C)C(=O)Nc2cc(NC(=O)OC)ccc2-c2cc1nc1c2CCC1)OCC. The van der Waals surface area contributed by atoms with Gasteiger partial charge in [-0.1, -0.05) is 31.0 Å². The van der Waals surface area contributed by atoms with Gasteiger partial charge in [0.05, 0.1) is 54.5 Å². The van der Waals surface area contributed by atoms with Crippen LogP contribution in [0.5, 0.6) is 0 Å². The molecular formula is C38H44BrClFN4O7P. The number of aromatic nitrogens is 1. The Hall–Kier alpha value is -3.48. The highest BCUT2D eigenvalue weighted by Gasteiger charge is 2.33. The standard InChI is InChI=1S/C38H44BrClFN4O7P/c1-5-51-53(52-6-2)21-34(47)45(18-17-33(46)35-27(39)15-16-28(40)36(35)41)32-12-7-9-22(3)37(48)44-30-19-23(42-38(49)50-4)13-14-25(30)26-20-31(32)43-29-11-8-10-24(26)29/h13-16,19-20,22,32H,5-12,17-18,21H2,1-4H3,(H,42,49)(H,44,48). The molecule has 3 amide bonds. The minimum atomic E-state index is -1.57. The highest BCUT2D eigenvalue weighted by molar-refractivity contribution is 9.10. The van der Waals surface area contributed by atoms with Crippen molar-refractivity contribution < 1.29 is 37.4 Å². The third kappa shape index (κ3) is 9.80. The van der Waals surface area contributed by atoms with Gasteiger partial charge in [0.2, 0.25) is 11.8 Å². The van der Waals surface area contributed by atoms with Gasteiger partial charge in [-0.2, -0.15) is 0 Å². The summed E-state index contributed by atoms with van der Waals surface area (Å²) in [5, 5.41) is 5.60. The van der Waals surface area contributed by atoms with Gasteiger partial charge >= 0.3 is 6.09 Å². The number of ether oxygens (including phenoxy) is 1. The summed E-state index contributed by atoms with van der Waals surface area (Å²) >= 11 is 9.34. The number of amides is 3. The summed E-state index contributed by atoms with van der Waals surface area (Å²) in [5.74, 6) is -2.21. The lowest BCUT2D eigenvalue weighted by atomic mass is 9.91. The summed E-state index contributed by atoms with van der Waals surface area (Å²) in [6.07, 6.45) is 3.03. The van der Waals surface area contributed by atoms with Crippen LogP contribution in [0.25, 0.3) is 11.1 Å². The van der Waals surface area contributed by atoms with Crippen molar-refractivity contribution in [3.8, 4) is 11.1 Å². The molecule has 2 atom stereocenters. The number of carbonyl (C=O) groups excluding carboxylic acids is 4. The fourth-order valence-electron chi connectivity index (χ4n) is 6.77. The molecule has 3 aromatic rings. The molecule has 1 aliphatic heterocycles. The maximum atomic E-state index is 15.1. The molecule has 0 fully saturated rings. The first-order valence-electron chi connectivity index (χ1n) is 17.8. The molecule has 0 radical (unpaired) electrons. The van der Waals surface area contributed by atoms with Crippen molar-refractivity contribution in [2.75, 3.05) is 43.7 Å². The van der Waals surface area contributed by atoms with Crippen molar-refractivity contribution in [3.05, 3.63) is 74.2 Å². The summed E-state index contributed by atoms with van der Waals surface area (Å²) in [6, 6.07) is 9.57. The van der Waals surface area contributed by atoms with Crippen molar-refractivity contribution in [2.24, 2.45) is 5.92 Å². The summed E-state index contributed by atoms with van der Waals surface area (Å²) in [5.41, 5.74) is 5.00. The van der Waals surface area contributed by atoms with Gasteiger partial charge in [-0.3, -0.25) is 24.7 Å². The number of hydrogen-bond acceptors (Lipinski definition) is 8. The number of benzene rings is 2. The molecule has 15 heteroatoms. The second-order valence-corrected chi connectivity index (χ2v) is 15.7. The van der Waals surface area contributed by atoms with Gasteiger partial charge in [-0.05, 0) is 103 Å². The summed E-state index contributed by atoms with van der Waals surface area (Å²) in [6.45, 7) is 6.19. The van der Waals surface area contributed by atoms with E-state index >= 15 is 4.39 Å². The van der Waals surface area contributed by atoms with Crippen LogP contribution in [0.1, 0.15) is 86.2 Å². The topological polar surface area (TPSA) is 136 Å². The third-order valence-electron chi connectivity index (χ3n) is 9.38. The zero-order valence-electron chi connectivity index (χ0n) is 30.2. The molecule has 11 nitrogen and oxygen atoms in total. The van der Waals surface area contributed by atoms with Crippen molar-refractivity contribution >= 4 is 71.0 Å². The number of ketones is 1. The molecule has 53 heavy (non-hydrogen) atoms. The molecular weight excluding hydrogens is 790 g/mol. The zero-order valence-corrected chi connectivity index (χ0v) is 33.5. The van der Waals surface area contributed by atoms with Crippen LogP contribution in [0.4, 0.5) is 20.6 Å². The minimum absolute atomic E-state index is 0.0363. The number of pyridine rings is 1. The fourth-order valence-corrected chi connectivity index (χ4v) is 8.69. The molecule has 2 heterocycles. The van der Waals surface area contributed by atoms with E-state index in [1.165, 1.54) is 19.2 Å². The Kier molecular flexibility index (Phi) is 14.4. The molecule has 0 spiro atoms. The van der Waals surface area contributed by atoms with Crippen LogP contribution in [0.3, 0.4) is 0 Å². The van der Waals surface area contributed by atoms with E-state index in [9.17, 15) is 19.2 Å². The largest absolute Gasteiger partial charge is 0.453 e. The maximum absolute atomic E-state index is 15.1. The Labute approximate surface area is 323 Å². The van der Waals surface area contributed by atoms with E-state index in [-0.39, 0.29) is 46.0 Å². The molecule has 1 aromatic heterocycles. The number of nitrogens with one attached hydrogen (secondary N) is 2. The van der Waals surface area contributed by atoms with E-state index in [0.29, 0.717) is 49.5 Å². The van der Waals surface area contributed by atoms with Gasteiger partial charge in [0.25, 0.3) is 0 Å². The number of nitrogens with zero attached hydrogens (tertiary/aromatic N) is 2. The lowest BCUT2D eigenvalue weighted by Crippen LogP contribution is -2.39. The van der Waals surface area contributed by atoms with Crippen LogP contribution >= 0.6 is 35.9 Å². The Morgan fingerprint density at radius 3 is 2.55 bits per heavy atom. The number of anilines is 2. The van der Waals surface area contributed by atoms with Gasteiger partial charge in [-0.25, -0.2) is 9.18 Å². The predicted octanol–water partition coefficient (Wildman–Crippen LogP) is 9.26. The van der Waals surface area contributed by atoms with Crippen molar-refractivity contribution in [3.63, 3.8) is 0 Å². The van der Waals surface area contributed by atoms with Gasteiger partial charge in [0.1, 0.15) is 0 Å². The van der Waals surface area contributed by atoms with Crippen LogP contribution in [-0.4, -0.2) is 66.6 Å². The van der Waals surface area contributed by atoms with Gasteiger partial charge in [0, 0.05) is 40.3 Å². The molecule has 2 unspecified atom stereocenters. The van der Waals surface area contributed by atoms with Crippen molar-refractivity contribution in [2.45, 2.75) is 71.8 Å². The van der Waals surface area contributed by atoms with Gasteiger partial charge in [-0.15, -0.1) is 0 Å². The predicted molar refractivity (Wildman–Crippen MR) is 207 cm³/mol. The number of hydrogen-bond donors (Lipinski definition) is 2. The van der Waals surface area contributed by atoms with Crippen molar-refractivity contribution in [1.82, 2.24) is 9.88 Å². The first kappa shape index (κ1) is 40.7. The molecule has 2 aromatic carbocycles. The van der Waals surface area contributed by atoms with Gasteiger partial charge in [0.15, 0.2) is 20.0 Å². The lowest BCUT2D eigenvalue weighted by Gasteiger charge is -2.34. The average Bonchev–Trinajstić information content (AvgIpc) is 3.61. The third-order valence-corrected chi connectivity index (χ3v) is 12.0. The van der Waals surface area contributed by atoms with E-state index in [1.54, 1.807) is 17.0 Å². The number of rotatable bonds is 12. The fraction of sp³-hybridized carbons (Fsp3) is 0.447. The molecule has 2 N–H and O–H groups in total. The first-order valence-corrected chi connectivity index (χ1v) is 20.3. The van der Waals surface area contributed by atoms with Crippen LogP contribution in [0.15, 0.2) is 40.9 Å². The average molecular weight is 834 g/mol. The maximum Gasteiger partial charge on any atom is 0.411 e. The van der Waals surface area contributed by atoms with Gasteiger partial charge < -0.3 is 24.0 Å².